The summed E-state index contributed by atoms with van der Waals surface area (Å²) in [5, 5.41) is 12.4. The van der Waals surface area contributed by atoms with E-state index >= 15 is 0 Å². The highest BCUT2D eigenvalue weighted by molar-refractivity contribution is 5.70. The Hall–Kier alpha value is -1.35. The topological polar surface area (TPSA) is 49.3 Å². The molecule has 1 rings (SSSR count). The molecule has 17 heavy (non-hydrogen) atoms. The van der Waals surface area contributed by atoms with E-state index in [-0.39, 0.29) is 12.0 Å². The number of carboxylic acids is 1. The molecule has 1 unspecified atom stereocenters. The summed E-state index contributed by atoms with van der Waals surface area (Å²) in [5.41, 5.74) is 1.18. The lowest BCUT2D eigenvalue weighted by Crippen LogP contribution is -2.42. The molecule has 0 spiro atoms. The molecule has 0 heterocycles. The van der Waals surface area contributed by atoms with Crippen LogP contribution in [-0.2, 0) is 11.3 Å². The van der Waals surface area contributed by atoms with Crippen molar-refractivity contribution in [2.45, 2.75) is 33.4 Å². The molecule has 1 aromatic rings. The normalized spacial score (nSPS) is 14.6. The minimum absolute atomic E-state index is 0.00675. The van der Waals surface area contributed by atoms with Crippen molar-refractivity contribution < 1.29 is 9.90 Å². The summed E-state index contributed by atoms with van der Waals surface area (Å²) in [7, 11) is 0. The van der Waals surface area contributed by atoms with Crippen LogP contribution < -0.4 is 5.32 Å². The summed E-state index contributed by atoms with van der Waals surface area (Å²) < 4.78 is 0. The zero-order chi connectivity index (χ0) is 12.8. The van der Waals surface area contributed by atoms with Gasteiger partial charge in [-0.25, -0.2) is 0 Å². The predicted molar refractivity (Wildman–Crippen MR) is 68.7 cm³/mol. The second-order valence-electron chi connectivity index (χ2n) is 4.76. The number of benzene rings is 1. The SMILES string of the molecule is CC(C)C(NCc1ccccc1)[C@@H](C)C(=O)O. The molecule has 2 atom stereocenters. The second-order valence-corrected chi connectivity index (χ2v) is 4.76. The molecule has 1 aromatic carbocycles. The van der Waals surface area contributed by atoms with Crippen LogP contribution >= 0.6 is 0 Å². The quantitative estimate of drug-likeness (QED) is 0.796. The summed E-state index contributed by atoms with van der Waals surface area (Å²) in [6, 6.07) is 10.0. The van der Waals surface area contributed by atoms with E-state index in [1.165, 1.54) is 5.56 Å². The predicted octanol–water partition coefficient (Wildman–Crippen LogP) is 2.52. The Morgan fingerprint density at radius 3 is 2.29 bits per heavy atom. The van der Waals surface area contributed by atoms with Crippen molar-refractivity contribution in [1.29, 1.82) is 0 Å². The maximum absolute atomic E-state index is 11.0. The van der Waals surface area contributed by atoms with Gasteiger partial charge in [0.15, 0.2) is 0 Å². The third kappa shape index (κ3) is 4.19. The molecule has 0 aliphatic rings. The van der Waals surface area contributed by atoms with Crippen molar-refractivity contribution in [2.75, 3.05) is 0 Å². The van der Waals surface area contributed by atoms with Crippen LogP contribution in [0.2, 0.25) is 0 Å². The van der Waals surface area contributed by atoms with E-state index in [4.69, 9.17) is 5.11 Å². The van der Waals surface area contributed by atoms with Gasteiger partial charge < -0.3 is 10.4 Å². The number of rotatable bonds is 6. The highest BCUT2D eigenvalue weighted by atomic mass is 16.4. The average molecular weight is 235 g/mol. The summed E-state index contributed by atoms with van der Waals surface area (Å²) >= 11 is 0. The Bertz CT molecular complexity index is 348. The summed E-state index contributed by atoms with van der Waals surface area (Å²) in [6.07, 6.45) is 0. The molecule has 0 radical (unpaired) electrons. The molecular formula is C14H21NO2. The van der Waals surface area contributed by atoms with E-state index in [1.54, 1.807) is 6.92 Å². The summed E-state index contributed by atoms with van der Waals surface area (Å²) in [4.78, 5) is 11.0. The molecule has 0 aliphatic carbocycles. The maximum Gasteiger partial charge on any atom is 0.307 e. The van der Waals surface area contributed by atoms with Crippen LogP contribution in [0.5, 0.6) is 0 Å². The molecule has 0 saturated carbocycles. The first-order valence-electron chi connectivity index (χ1n) is 6.02. The molecule has 0 amide bonds. The monoisotopic (exact) mass is 235 g/mol. The Balaban J connectivity index is 2.59. The van der Waals surface area contributed by atoms with Gasteiger partial charge >= 0.3 is 5.97 Å². The van der Waals surface area contributed by atoms with E-state index in [1.807, 2.05) is 44.2 Å². The molecule has 0 bridgehead atoms. The highest BCUT2D eigenvalue weighted by Gasteiger charge is 2.25. The van der Waals surface area contributed by atoms with Crippen molar-refractivity contribution in [3.63, 3.8) is 0 Å². The van der Waals surface area contributed by atoms with Crippen LogP contribution in [0.1, 0.15) is 26.3 Å². The Labute approximate surface area is 103 Å². The molecule has 0 aliphatic heterocycles. The van der Waals surface area contributed by atoms with Gasteiger partial charge in [-0.15, -0.1) is 0 Å². The third-order valence-electron chi connectivity index (χ3n) is 3.03. The van der Waals surface area contributed by atoms with Gasteiger partial charge in [-0.3, -0.25) is 4.79 Å². The van der Waals surface area contributed by atoms with E-state index in [9.17, 15) is 4.79 Å². The number of hydrogen-bond donors (Lipinski definition) is 2. The molecule has 2 N–H and O–H groups in total. The zero-order valence-corrected chi connectivity index (χ0v) is 10.7. The van der Waals surface area contributed by atoms with E-state index in [0.717, 1.165) is 0 Å². The molecule has 3 heteroatoms. The molecule has 0 aromatic heterocycles. The highest BCUT2D eigenvalue weighted by Crippen LogP contribution is 2.14. The molecule has 0 fully saturated rings. The lowest BCUT2D eigenvalue weighted by molar-refractivity contribution is -0.142. The molecular weight excluding hydrogens is 214 g/mol. The summed E-state index contributed by atoms with van der Waals surface area (Å²) in [5.74, 6) is -0.826. The minimum atomic E-state index is -0.746. The van der Waals surface area contributed by atoms with Crippen molar-refractivity contribution >= 4 is 5.97 Å². The van der Waals surface area contributed by atoms with Gasteiger partial charge in [0, 0.05) is 12.6 Å². The number of carboxylic acid groups (broad SMARTS) is 1. The lowest BCUT2D eigenvalue weighted by Gasteiger charge is -2.26. The van der Waals surface area contributed by atoms with Gasteiger partial charge in [0.05, 0.1) is 5.92 Å². The standard InChI is InChI=1S/C14H21NO2/c1-10(2)13(11(3)14(16)17)15-9-12-7-5-4-6-8-12/h4-8,10-11,13,15H,9H2,1-3H3,(H,16,17)/t11-,13?/m1/s1. The molecule has 3 nitrogen and oxygen atoms in total. The van der Waals surface area contributed by atoms with Crippen molar-refractivity contribution in [2.24, 2.45) is 11.8 Å². The van der Waals surface area contributed by atoms with Crippen molar-refractivity contribution in [1.82, 2.24) is 5.32 Å². The van der Waals surface area contributed by atoms with E-state index in [0.29, 0.717) is 12.5 Å². The van der Waals surface area contributed by atoms with Gasteiger partial charge in [0.1, 0.15) is 0 Å². The smallest absolute Gasteiger partial charge is 0.307 e. The van der Waals surface area contributed by atoms with Crippen LogP contribution in [0.15, 0.2) is 30.3 Å². The van der Waals surface area contributed by atoms with Gasteiger partial charge in [-0.05, 0) is 11.5 Å². The van der Waals surface area contributed by atoms with Crippen molar-refractivity contribution in [3.8, 4) is 0 Å². The molecule has 0 saturated heterocycles. The van der Waals surface area contributed by atoms with Gasteiger partial charge in [-0.1, -0.05) is 51.1 Å². The maximum atomic E-state index is 11.0. The van der Waals surface area contributed by atoms with E-state index < -0.39 is 5.97 Å². The number of hydrogen-bond acceptors (Lipinski definition) is 2. The van der Waals surface area contributed by atoms with Crippen LogP contribution in [0.4, 0.5) is 0 Å². The summed E-state index contributed by atoms with van der Waals surface area (Å²) in [6.45, 7) is 6.55. The first-order valence-corrected chi connectivity index (χ1v) is 6.02. The van der Waals surface area contributed by atoms with E-state index in [2.05, 4.69) is 5.32 Å². The number of carbonyl (C=O) groups is 1. The first kappa shape index (κ1) is 13.7. The fourth-order valence-electron chi connectivity index (χ4n) is 1.97. The lowest BCUT2D eigenvalue weighted by atomic mass is 9.91. The van der Waals surface area contributed by atoms with Crippen molar-refractivity contribution in [3.05, 3.63) is 35.9 Å². The number of nitrogens with one attached hydrogen (secondary N) is 1. The van der Waals surface area contributed by atoms with Crippen LogP contribution in [0.3, 0.4) is 0 Å². The fraction of sp³-hybridized carbons (Fsp3) is 0.500. The van der Waals surface area contributed by atoms with Crippen LogP contribution in [0, 0.1) is 11.8 Å². The fourth-order valence-corrected chi connectivity index (χ4v) is 1.97. The third-order valence-corrected chi connectivity index (χ3v) is 3.03. The number of aliphatic carboxylic acids is 1. The largest absolute Gasteiger partial charge is 0.481 e. The van der Waals surface area contributed by atoms with Gasteiger partial charge in [0.25, 0.3) is 0 Å². The van der Waals surface area contributed by atoms with Gasteiger partial charge in [-0.2, -0.15) is 0 Å². The van der Waals surface area contributed by atoms with Gasteiger partial charge in [0.2, 0.25) is 0 Å². The first-order chi connectivity index (χ1) is 8.02. The zero-order valence-electron chi connectivity index (χ0n) is 10.7. The Morgan fingerprint density at radius 2 is 1.82 bits per heavy atom. The Kier molecular flexibility index (Phi) is 5.16. The minimum Gasteiger partial charge on any atom is -0.481 e. The second kappa shape index (κ2) is 6.40. The van der Waals surface area contributed by atoms with Crippen LogP contribution in [0.25, 0.3) is 0 Å². The van der Waals surface area contributed by atoms with Crippen LogP contribution in [-0.4, -0.2) is 17.1 Å². The molecule has 94 valence electrons. The average Bonchev–Trinajstić information content (AvgIpc) is 2.29. The Morgan fingerprint density at radius 1 is 1.24 bits per heavy atom.